The molecule has 6 nitrogen and oxygen atoms in total. The van der Waals surface area contributed by atoms with Gasteiger partial charge in [-0.05, 0) is 68.4 Å². The second kappa shape index (κ2) is 9.84. The van der Waals surface area contributed by atoms with E-state index in [9.17, 15) is 22.8 Å². The molecule has 2 heterocycles. The van der Waals surface area contributed by atoms with Crippen molar-refractivity contribution in [2.75, 3.05) is 31.1 Å². The van der Waals surface area contributed by atoms with Gasteiger partial charge >= 0.3 is 6.18 Å². The smallest absolute Gasteiger partial charge is 0.372 e. The van der Waals surface area contributed by atoms with Crippen LogP contribution in [0.15, 0.2) is 36.4 Å². The van der Waals surface area contributed by atoms with Gasteiger partial charge in [0.15, 0.2) is 0 Å². The number of carbonyl (C=O) groups is 2. The van der Waals surface area contributed by atoms with Gasteiger partial charge in [0.05, 0.1) is 23.1 Å². The molecule has 2 amide bonds. The van der Waals surface area contributed by atoms with Crippen LogP contribution in [0.25, 0.3) is 0 Å². The Bertz CT molecular complexity index is 1210. The van der Waals surface area contributed by atoms with Crippen LogP contribution in [0.5, 0.6) is 0 Å². The standard InChI is InChI=1S/C27H29F3N4O2/c1-16-3-4-17(2)21(11-16)26(36)34-14-22(23(15-34)25(32)35)18-7-9-33(10-8-18)20-6-5-19(13-31)24(12-20)27(28,29)30/h3-6,11-12,18,22-23H,7-10,14-15H2,1-2H3,(H2,32,35). The van der Waals surface area contributed by atoms with Crippen LogP contribution in [0.2, 0.25) is 0 Å². The first-order chi connectivity index (χ1) is 17.0. The molecule has 2 aromatic rings. The van der Waals surface area contributed by atoms with Crippen molar-refractivity contribution in [2.24, 2.45) is 23.5 Å². The summed E-state index contributed by atoms with van der Waals surface area (Å²) in [5, 5.41) is 9.04. The molecule has 36 heavy (non-hydrogen) atoms. The number of primary amides is 1. The summed E-state index contributed by atoms with van der Waals surface area (Å²) in [6, 6.07) is 11.1. The third kappa shape index (κ3) is 5.03. The lowest BCUT2D eigenvalue weighted by molar-refractivity contribution is -0.137. The molecule has 0 radical (unpaired) electrons. The summed E-state index contributed by atoms with van der Waals surface area (Å²) >= 11 is 0. The lowest BCUT2D eigenvalue weighted by Crippen LogP contribution is -2.40. The highest BCUT2D eigenvalue weighted by atomic mass is 19.4. The number of rotatable bonds is 4. The molecular weight excluding hydrogens is 469 g/mol. The van der Waals surface area contributed by atoms with Gasteiger partial charge in [0.2, 0.25) is 5.91 Å². The molecule has 2 fully saturated rings. The van der Waals surface area contributed by atoms with Crippen LogP contribution in [-0.2, 0) is 11.0 Å². The molecule has 2 saturated heterocycles. The first-order valence-electron chi connectivity index (χ1n) is 12.0. The molecule has 0 aliphatic carbocycles. The topological polar surface area (TPSA) is 90.4 Å². The lowest BCUT2D eigenvalue weighted by Gasteiger charge is -2.37. The van der Waals surface area contributed by atoms with E-state index in [2.05, 4.69) is 0 Å². The van der Waals surface area contributed by atoms with Gasteiger partial charge < -0.3 is 15.5 Å². The van der Waals surface area contributed by atoms with Crippen molar-refractivity contribution in [3.05, 3.63) is 64.2 Å². The number of nitrogens with zero attached hydrogens (tertiary/aromatic N) is 3. The first kappa shape index (κ1) is 25.5. The van der Waals surface area contributed by atoms with Crippen LogP contribution < -0.4 is 10.6 Å². The Morgan fingerprint density at radius 1 is 1.06 bits per heavy atom. The van der Waals surface area contributed by atoms with Crippen LogP contribution in [0, 0.1) is 42.9 Å². The molecule has 2 atom stereocenters. The van der Waals surface area contributed by atoms with Gasteiger partial charge in [0.25, 0.3) is 5.91 Å². The number of nitrogens with two attached hydrogens (primary N) is 1. The maximum atomic E-state index is 13.4. The number of piperidine rings is 1. The fourth-order valence-corrected chi connectivity index (χ4v) is 5.56. The summed E-state index contributed by atoms with van der Waals surface area (Å²) in [5.74, 6) is -0.969. The van der Waals surface area contributed by atoms with Crippen molar-refractivity contribution in [3.8, 4) is 6.07 Å². The van der Waals surface area contributed by atoms with Gasteiger partial charge in [-0.15, -0.1) is 0 Å². The van der Waals surface area contributed by atoms with Crippen LogP contribution >= 0.6 is 0 Å². The van der Waals surface area contributed by atoms with Crippen LogP contribution in [0.1, 0.15) is 45.5 Å². The van der Waals surface area contributed by atoms with Crippen molar-refractivity contribution in [3.63, 3.8) is 0 Å². The number of likely N-dealkylation sites (tertiary alicyclic amines) is 1. The second-order valence-corrected chi connectivity index (χ2v) is 9.87. The van der Waals surface area contributed by atoms with Crippen molar-refractivity contribution >= 4 is 17.5 Å². The number of benzene rings is 2. The van der Waals surface area contributed by atoms with E-state index in [1.165, 1.54) is 6.07 Å². The Labute approximate surface area is 208 Å². The predicted molar refractivity (Wildman–Crippen MR) is 129 cm³/mol. The Balaban J connectivity index is 1.47. The monoisotopic (exact) mass is 498 g/mol. The minimum absolute atomic E-state index is 0.0922. The van der Waals surface area contributed by atoms with E-state index in [0.29, 0.717) is 43.7 Å². The van der Waals surface area contributed by atoms with E-state index in [-0.39, 0.29) is 24.3 Å². The van der Waals surface area contributed by atoms with Gasteiger partial charge in [0, 0.05) is 37.4 Å². The molecule has 2 aliphatic rings. The van der Waals surface area contributed by atoms with Crippen LogP contribution in [0.4, 0.5) is 18.9 Å². The summed E-state index contributed by atoms with van der Waals surface area (Å²) < 4.78 is 40.2. The molecule has 4 rings (SSSR count). The van der Waals surface area contributed by atoms with Crippen molar-refractivity contribution in [2.45, 2.75) is 32.9 Å². The maximum absolute atomic E-state index is 13.4. The Morgan fingerprint density at radius 2 is 1.75 bits per heavy atom. The van der Waals surface area contributed by atoms with Crippen molar-refractivity contribution in [1.29, 1.82) is 5.26 Å². The fourth-order valence-electron chi connectivity index (χ4n) is 5.56. The van der Waals surface area contributed by atoms with E-state index < -0.39 is 29.1 Å². The summed E-state index contributed by atoms with van der Waals surface area (Å²) in [5.41, 5.74) is 7.30. The van der Waals surface area contributed by atoms with Gasteiger partial charge in [-0.2, -0.15) is 18.4 Å². The number of hydrogen-bond acceptors (Lipinski definition) is 4. The average Bonchev–Trinajstić information content (AvgIpc) is 3.30. The van der Waals surface area contributed by atoms with Gasteiger partial charge in [-0.25, -0.2) is 0 Å². The Kier molecular flexibility index (Phi) is 6.98. The third-order valence-electron chi connectivity index (χ3n) is 7.58. The zero-order valence-corrected chi connectivity index (χ0v) is 20.3. The quantitative estimate of drug-likeness (QED) is 0.681. The summed E-state index contributed by atoms with van der Waals surface area (Å²) in [6.45, 7) is 5.54. The number of alkyl halides is 3. The van der Waals surface area contributed by atoms with Crippen molar-refractivity contribution < 1.29 is 22.8 Å². The molecule has 0 aromatic heterocycles. The normalized spacial score (nSPS) is 20.9. The van der Waals surface area contributed by atoms with Gasteiger partial charge in [0.1, 0.15) is 0 Å². The van der Waals surface area contributed by atoms with Crippen LogP contribution in [0.3, 0.4) is 0 Å². The highest BCUT2D eigenvalue weighted by Crippen LogP contribution is 2.39. The minimum atomic E-state index is -4.61. The largest absolute Gasteiger partial charge is 0.417 e. The number of halogens is 3. The number of carbonyl (C=O) groups excluding carboxylic acids is 2. The number of amides is 2. The van der Waals surface area contributed by atoms with Gasteiger partial charge in [-0.3, -0.25) is 9.59 Å². The number of aryl methyl sites for hydroxylation is 2. The average molecular weight is 499 g/mol. The lowest BCUT2D eigenvalue weighted by atomic mass is 9.78. The van der Waals surface area contributed by atoms with E-state index >= 15 is 0 Å². The summed E-state index contributed by atoms with van der Waals surface area (Å²) in [6.07, 6.45) is -3.27. The van der Waals surface area contributed by atoms with Gasteiger partial charge in [-0.1, -0.05) is 17.7 Å². The molecule has 0 spiro atoms. The zero-order valence-electron chi connectivity index (χ0n) is 20.3. The van der Waals surface area contributed by atoms with E-state index in [0.717, 1.165) is 17.2 Å². The van der Waals surface area contributed by atoms with E-state index in [1.807, 2.05) is 36.9 Å². The second-order valence-electron chi connectivity index (χ2n) is 9.87. The highest BCUT2D eigenvalue weighted by Gasteiger charge is 2.43. The molecule has 9 heteroatoms. The highest BCUT2D eigenvalue weighted by molar-refractivity contribution is 5.96. The number of hydrogen-bond donors (Lipinski definition) is 1. The molecule has 0 bridgehead atoms. The number of nitriles is 1. The minimum Gasteiger partial charge on any atom is -0.372 e. The molecular formula is C27H29F3N4O2. The zero-order chi connectivity index (χ0) is 26.2. The molecule has 2 aromatic carbocycles. The Morgan fingerprint density at radius 3 is 2.36 bits per heavy atom. The summed E-state index contributed by atoms with van der Waals surface area (Å²) in [4.78, 5) is 29.2. The maximum Gasteiger partial charge on any atom is 0.417 e. The molecule has 190 valence electrons. The molecule has 0 saturated carbocycles. The SMILES string of the molecule is Cc1ccc(C)c(C(=O)N2CC(C(N)=O)C(C3CCN(c4ccc(C#N)c(C(F)(F)F)c4)CC3)C2)c1. The first-order valence-corrected chi connectivity index (χ1v) is 12.0. The van der Waals surface area contributed by atoms with Crippen molar-refractivity contribution in [1.82, 2.24) is 4.90 Å². The third-order valence-corrected chi connectivity index (χ3v) is 7.58. The van der Waals surface area contributed by atoms with E-state index in [4.69, 9.17) is 11.0 Å². The fraction of sp³-hybridized carbons (Fsp3) is 0.444. The molecule has 2 aliphatic heterocycles. The predicted octanol–water partition coefficient (Wildman–Crippen LogP) is 4.28. The Hall–Kier alpha value is -3.54. The van der Waals surface area contributed by atoms with E-state index in [1.54, 1.807) is 17.0 Å². The number of anilines is 1. The summed E-state index contributed by atoms with van der Waals surface area (Å²) in [7, 11) is 0. The molecule has 2 unspecified atom stereocenters. The van der Waals surface area contributed by atoms with Crippen LogP contribution in [-0.4, -0.2) is 42.9 Å². The molecule has 2 N–H and O–H groups in total.